The third-order valence-electron chi connectivity index (χ3n) is 4.63. The van der Waals surface area contributed by atoms with Crippen LogP contribution in [0.1, 0.15) is 12.5 Å². The second kappa shape index (κ2) is 5.78. The summed E-state index contributed by atoms with van der Waals surface area (Å²) in [5.41, 5.74) is 7.16. The molecule has 5 heteroatoms. The van der Waals surface area contributed by atoms with Gasteiger partial charge in [-0.1, -0.05) is 24.5 Å². The van der Waals surface area contributed by atoms with Crippen molar-refractivity contribution in [3.05, 3.63) is 48.0 Å². The first-order chi connectivity index (χ1) is 11.7. The maximum atomic E-state index is 4.94. The van der Waals surface area contributed by atoms with Crippen LogP contribution in [-0.2, 0) is 0 Å². The molecule has 0 radical (unpaired) electrons. The molecule has 1 aromatic carbocycles. The van der Waals surface area contributed by atoms with Crippen LogP contribution >= 0.6 is 0 Å². The summed E-state index contributed by atoms with van der Waals surface area (Å²) < 4.78 is 0. The lowest BCUT2D eigenvalue weighted by molar-refractivity contribution is 0.217. The van der Waals surface area contributed by atoms with E-state index in [1.54, 1.807) is 0 Å². The molecule has 3 aliphatic rings. The number of piperazine rings is 1. The van der Waals surface area contributed by atoms with Gasteiger partial charge in [-0.2, -0.15) is 0 Å². The Bertz CT molecular complexity index is 818. The van der Waals surface area contributed by atoms with E-state index in [0.717, 1.165) is 60.5 Å². The lowest BCUT2D eigenvalue weighted by Crippen LogP contribution is -2.53. The highest BCUT2D eigenvalue weighted by Gasteiger charge is 2.31. The zero-order valence-electron chi connectivity index (χ0n) is 14.2. The SMILES string of the molecule is C=Cc1ccc2c(c1)N1C=C=C(C)N=C1C(N1CCN(C)CC1)=N2. The molecule has 1 fully saturated rings. The number of likely N-dealkylation sites (N-methyl/N-ethyl adjacent to an activating group) is 1. The molecule has 1 saturated heterocycles. The Morgan fingerprint density at radius 3 is 2.67 bits per heavy atom. The molecule has 1 aromatic rings. The van der Waals surface area contributed by atoms with Crippen molar-refractivity contribution in [2.75, 3.05) is 38.1 Å². The standard InChI is InChI=1S/C19H21N5/c1-4-15-5-6-16-17(13-15)24-8-7-14(2)20-19(24)18(21-16)23-11-9-22(3)10-12-23/h4-6,8,13H,1,9-12H2,2-3H3. The zero-order valence-corrected chi connectivity index (χ0v) is 14.2. The van der Waals surface area contributed by atoms with Crippen LogP contribution in [0.2, 0.25) is 0 Å². The number of amidine groups is 2. The van der Waals surface area contributed by atoms with Crippen molar-refractivity contribution in [1.82, 2.24) is 9.80 Å². The van der Waals surface area contributed by atoms with E-state index in [4.69, 9.17) is 9.98 Å². The van der Waals surface area contributed by atoms with Gasteiger partial charge in [0.2, 0.25) is 0 Å². The fourth-order valence-electron chi connectivity index (χ4n) is 3.15. The minimum Gasteiger partial charge on any atom is -0.351 e. The van der Waals surface area contributed by atoms with Crippen LogP contribution in [0, 0.1) is 0 Å². The fraction of sp³-hybridized carbons (Fsp3) is 0.316. The first-order valence-electron chi connectivity index (χ1n) is 8.26. The van der Waals surface area contributed by atoms with Crippen molar-refractivity contribution < 1.29 is 0 Å². The number of aliphatic imine (C=N–C) groups is 2. The van der Waals surface area contributed by atoms with Crippen LogP contribution in [0.5, 0.6) is 0 Å². The van der Waals surface area contributed by atoms with Crippen molar-refractivity contribution >= 4 is 29.1 Å². The minimum absolute atomic E-state index is 0.881. The van der Waals surface area contributed by atoms with Crippen LogP contribution < -0.4 is 4.90 Å². The number of allylic oxidation sites excluding steroid dienone is 1. The van der Waals surface area contributed by atoms with E-state index in [2.05, 4.69) is 46.2 Å². The summed E-state index contributed by atoms with van der Waals surface area (Å²) in [6.45, 7) is 9.85. The first-order valence-corrected chi connectivity index (χ1v) is 8.26. The van der Waals surface area contributed by atoms with E-state index >= 15 is 0 Å². The van der Waals surface area contributed by atoms with Gasteiger partial charge < -0.3 is 9.80 Å². The lowest BCUT2D eigenvalue weighted by Gasteiger charge is -2.39. The average Bonchev–Trinajstić information content (AvgIpc) is 2.61. The van der Waals surface area contributed by atoms with Crippen LogP contribution in [-0.4, -0.2) is 54.7 Å². The van der Waals surface area contributed by atoms with Gasteiger partial charge in [-0.15, -0.1) is 0 Å². The van der Waals surface area contributed by atoms with Crippen molar-refractivity contribution in [2.24, 2.45) is 9.98 Å². The topological polar surface area (TPSA) is 34.4 Å². The summed E-state index contributed by atoms with van der Waals surface area (Å²) in [5.74, 6) is 1.85. The van der Waals surface area contributed by atoms with Crippen LogP contribution in [0.4, 0.5) is 11.4 Å². The minimum atomic E-state index is 0.881. The van der Waals surface area contributed by atoms with E-state index in [-0.39, 0.29) is 0 Å². The van der Waals surface area contributed by atoms with E-state index in [0.29, 0.717) is 0 Å². The number of fused-ring (bicyclic) bond motifs is 3. The Morgan fingerprint density at radius 2 is 1.92 bits per heavy atom. The maximum absolute atomic E-state index is 4.94. The highest BCUT2D eigenvalue weighted by Crippen LogP contribution is 2.36. The number of anilines is 1. The molecule has 4 rings (SSSR count). The molecular formula is C19H21N5. The average molecular weight is 319 g/mol. The van der Waals surface area contributed by atoms with Crippen molar-refractivity contribution in [3.63, 3.8) is 0 Å². The molecule has 0 saturated carbocycles. The van der Waals surface area contributed by atoms with E-state index in [1.165, 1.54) is 0 Å². The maximum Gasteiger partial charge on any atom is 0.182 e. The largest absolute Gasteiger partial charge is 0.351 e. The van der Waals surface area contributed by atoms with Gasteiger partial charge in [-0.05, 0) is 31.7 Å². The van der Waals surface area contributed by atoms with Crippen molar-refractivity contribution in [2.45, 2.75) is 6.92 Å². The Balaban J connectivity index is 1.82. The number of benzene rings is 1. The molecule has 3 aliphatic heterocycles. The summed E-state index contributed by atoms with van der Waals surface area (Å²) in [6, 6.07) is 6.20. The molecule has 0 spiro atoms. The molecule has 0 atom stereocenters. The molecule has 5 nitrogen and oxygen atoms in total. The molecule has 0 amide bonds. The van der Waals surface area contributed by atoms with Gasteiger partial charge in [0, 0.05) is 26.2 Å². The van der Waals surface area contributed by atoms with Gasteiger partial charge in [0.15, 0.2) is 11.7 Å². The Kier molecular flexibility index (Phi) is 3.60. The normalized spacial score (nSPS) is 20.0. The van der Waals surface area contributed by atoms with Gasteiger partial charge >= 0.3 is 0 Å². The van der Waals surface area contributed by atoms with Gasteiger partial charge in [0.05, 0.1) is 23.3 Å². The Morgan fingerprint density at radius 1 is 1.12 bits per heavy atom. The number of nitrogens with zero attached hydrogens (tertiary/aromatic N) is 5. The summed E-state index contributed by atoms with van der Waals surface area (Å²) in [7, 11) is 2.16. The second-order valence-corrected chi connectivity index (χ2v) is 6.34. The van der Waals surface area contributed by atoms with E-state index in [1.807, 2.05) is 25.3 Å². The summed E-state index contributed by atoms with van der Waals surface area (Å²) >= 11 is 0. The molecule has 3 heterocycles. The van der Waals surface area contributed by atoms with Gasteiger partial charge in [0.25, 0.3) is 0 Å². The number of hydrogen-bond donors (Lipinski definition) is 0. The summed E-state index contributed by atoms with van der Waals surface area (Å²) in [5, 5.41) is 0. The third kappa shape index (κ3) is 2.48. The third-order valence-corrected chi connectivity index (χ3v) is 4.63. The van der Waals surface area contributed by atoms with Crippen LogP contribution in [0.3, 0.4) is 0 Å². The molecule has 24 heavy (non-hydrogen) atoms. The highest BCUT2D eigenvalue weighted by atomic mass is 15.3. The molecular weight excluding hydrogens is 298 g/mol. The predicted octanol–water partition coefficient (Wildman–Crippen LogP) is 2.86. The molecule has 0 bridgehead atoms. The van der Waals surface area contributed by atoms with Crippen molar-refractivity contribution in [3.8, 4) is 0 Å². The van der Waals surface area contributed by atoms with Gasteiger partial charge in [0.1, 0.15) is 0 Å². The van der Waals surface area contributed by atoms with E-state index < -0.39 is 0 Å². The number of hydrogen-bond acceptors (Lipinski definition) is 5. The fourth-order valence-corrected chi connectivity index (χ4v) is 3.15. The molecule has 0 unspecified atom stereocenters. The second-order valence-electron chi connectivity index (χ2n) is 6.34. The van der Waals surface area contributed by atoms with E-state index in [9.17, 15) is 0 Å². The molecule has 122 valence electrons. The smallest absolute Gasteiger partial charge is 0.182 e. The summed E-state index contributed by atoms with van der Waals surface area (Å²) in [6.07, 6.45) is 3.82. The highest BCUT2D eigenvalue weighted by molar-refractivity contribution is 6.48. The Labute approximate surface area is 142 Å². The Hall–Kier alpha value is -2.62. The van der Waals surface area contributed by atoms with Gasteiger partial charge in [-0.25, -0.2) is 9.98 Å². The predicted molar refractivity (Wildman–Crippen MR) is 99.9 cm³/mol. The zero-order chi connectivity index (χ0) is 16.7. The molecule has 0 aliphatic carbocycles. The van der Waals surface area contributed by atoms with Crippen LogP contribution in [0.25, 0.3) is 6.08 Å². The van der Waals surface area contributed by atoms with Gasteiger partial charge in [-0.3, -0.25) is 4.90 Å². The van der Waals surface area contributed by atoms with Crippen LogP contribution in [0.15, 0.2) is 52.4 Å². The molecule has 0 N–H and O–H groups in total. The quantitative estimate of drug-likeness (QED) is 0.747. The monoisotopic (exact) mass is 319 g/mol. The number of rotatable bonds is 1. The summed E-state index contributed by atoms with van der Waals surface area (Å²) in [4.78, 5) is 16.5. The van der Waals surface area contributed by atoms with Crippen molar-refractivity contribution in [1.29, 1.82) is 0 Å². The first kappa shape index (κ1) is 14.9. The lowest BCUT2D eigenvalue weighted by atomic mass is 10.1. The molecule has 0 aromatic heterocycles.